The van der Waals surface area contributed by atoms with E-state index >= 15 is 0 Å². The normalized spacial score (nSPS) is 17.8. The van der Waals surface area contributed by atoms with Crippen molar-refractivity contribution in [1.82, 2.24) is 10.2 Å². The number of piperidine rings is 1. The van der Waals surface area contributed by atoms with E-state index in [1.54, 1.807) is 11.8 Å². The third kappa shape index (κ3) is 4.42. The van der Waals surface area contributed by atoms with Gasteiger partial charge in [0.2, 0.25) is 5.91 Å². The molecule has 0 aromatic carbocycles. The Morgan fingerprint density at radius 3 is 2.37 bits per heavy atom. The van der Waals surface area contributed by atoms with E-state index in [4.69, 9.17) is 10.8 Å². The molecule has 1 heterocycles. The lowest BCUT2D eigenvalue weighted by molar-refractivity contribution is -0.150. The molecule has 0 saturated carbocycles. The van der Waals surface area contributed by atoms with Crippen LogP contribution >= 0.6 is 0 Å². The Bertz CT molecular complexity index is 362. The van der Waals surface area contributed by atoms with Crippen LogP contribution in [0.15, 0.2) is 0 Å². The van der Waals surface area contributed by atoms with E-state index in [2.05, 4.69) is 5.32 Å². The number of aliphatic carboxylic acids is 1. The van der Waals surface area contributed by atoms with E-state index in [1.165, 1.54) is 0 Å². The molecule has 0 aromatic heterocycles. The van der Waals surface area contributed by atoms with E-state index in [9.17, 15) is 14.4 Å². The largest absolute Gasteiger partial charge is 0.481 e. The van der Waals surface area contributed by atoms with Crippen LogP contribution in [0.1, 0.15) is 32.6 Å². The van der Waals surface area contributed by atoms with Crippen LogP contribution in [-0.4, -0.2) is 47.5 Å². The van der Waals surface area contributed by atoms with Gasteiger partial charge >= 0.3 is 12.0 Å². The minimum atomic E-state index is -0.811. The van der Waals surface area contributed by atoms with Gasteiger partial charge in [-0.1, -0.05) is 0 Å². The zero-order valence-electron chi connectivity index (χ0n) is 11.1. The van der Waals surface area contributed by atoms with Gasteiger partial charge in [-0.05, 0) is 26.2 Å². The molecule has 1 aliphatic heterocycles. The third-order valence-electron chi connectivity index (χ3n) is 3.55. The first kappa shape index (κ1) is 15.3. The van der Waals surface area contributed by atoms with Crippen molar-refractivity contribution in [3.8, 4) is 0 Å². The van der Waals surface area contributed by atoms with Crippen molar-refractivity contribution in [1.29, 1.82) is 0 Å². The summed E-state index contributed by atoms with van der Waals surface area (Å²) in [6.07, 6.45) is 1.67. The van der Waals surface area contributed by atoms with Gasteiger partial charge in [0.25, 0.3) is 0 Å². The molecule has 0 spiro atoms. The van der Waals surface area contributed by atoms with E-state index < -0.39 is 11.4 Å². The molecule has 1 fully saturated rings. The SMILES string of the molecule is CC1(C(=O)O)CCN(C(=O)NCCCC(N)=O)CC1. The molecule has 0 radical (unpaired) electrons. The second-order valence-electron chi connectivity index (χ2n) is 5.15. The fourth-order valence-corrected chi connectivity index (χ4v) is 1.99. The molecule has 19 heavy (non-hydrogen) atoms. The van der Waals surface area contributed by atoms with Crippen molar-refractivity contribution in [2.75, 3.05) is 19.6 Å². The van der Waals surface area contributed by atoms with Crippen LogP contribution in [0.2, 0.25) is 0 Å². The molecule has 0 unspecified atom stereocenters. The summed E-state index contributed by atoms with van der Waals surface area (Å²) in [5, 5.41) is 11.8. The summed E-state index contributed by atoms with van der Waals surface area (Å²) in [5.41, 5.74) is 4.26. The highest BCUT2D eigenvalue weighted by molar-refractivity contribution is 5.77. The van der Waals surface area contributed by atoms with E-state index in [1.807, 2.05) is 0 Å². The second kappa shape index (κ2) is 6.40. The third-order valence-corrected chi connectivity index (χ3v) is 3.55. The fraction of sp³-hybridized carbons (Fsp3) is 0.750. The lowest BCUT2D eigenvalue weighted by atomic mass is 9.80. The zero-order valence-corrected chi connectivity index (χ0v) is 11.1. The van der Waals surface area contributed by atoms with Crippen LogP contribution < -0.4 is 11.1 Å². The number of nitrogens with zero attached hydrogens (tertiary/aromatic N) is 1. The van der Waals surface area contributed by atoms with Crippen LogP contribution in [0.5, 0.6) is 0 Å². The number of nitrogens with two attached hydrogens (primary N) is 1. The number of amides is 3. The highest BCUT2D eigenvalue weighted by Gasteiger charge is 2.37. The van der Waals surface area contributed by atoms with Crippen molar-refractivity contribution in [2.45, 2.75) is 32.6 Å². The Hall–Kier alpha value is -1.79. The summed E-state index contributed by atoms with van der Waals surface area (Å²) >= 11 is 0. The van der Waals surface area contributed by atoms with Gasteiger partial charge in [-0.2, -0.15) is 0 Å². The number of nitrogens with one attached hydrogen (secondary N) is 1. The minimum Gasteiger partial charge on any atom is -0.481 e. The van der Waals surface area contributed by atoms with Crippen LogP contribution in [0.25, 0.3) is 0 Å². The Labute approximate surface area is 112 Å². The van der Waals surface area contributed by atoms with Crippen LogP contribution in [0.3, 0.4) is 0 Å². The number of carbonyl (C=O) groups excluding carboxylic acids is 2. The average molecular weight is 271 g/mol. The maximum atomic E-state index is 11.8. The molecule has 108 valence electrons. The standard InChI is InChI=1S/C12H21N3O4/c1-12(10(17)18)4-7-15(8-5-12)11(19)14-6-2-3-9(13)16/h2-8H2,1H3,(H2,13,16)(H,14,19)(H,17,18). The summed E-state index contributed by atoms with van der Waals surface area (Å²) in [7, 11) is 0. The number of rotatable bonds is 5. The number of primary amides is 1. The maximum Gasteiger partial charge on any atom is 0.317 e. The molecule has 0 aliphatic carbocycles. The summed E-state index contributed by atoms with van der Waals surface area (Å²) in [6, 6.07) is -0.211. The lowest BCUT2D eigenvalue weighted by Gasteiger charge is -2.36. The number of hydrogen-bond donors (Lipinski definition) is 3. The lowest BCUT2D eigenvalue weighted by Crippen LogP contribution is -2.48. The minimum absolute atomic E-state index is 0.211. The van der Waals surface area contributed by atoms with Crippen molar-refractivity contribution in [3.63, 3.8) is 0 Å². The maximum absolute atomic E-state index is 11.8. The molecule has 0 bridgehead atoms. The van der Waals surface area contributed by atoms with Crippen molar-refractivity contribution >= 4 is 17.9 Å². The Morgan fingerprint density at radius 1 is 1.32 bits per heavy atom. The van der Waals surface area contributed by atoms with Gasteiger partial charge in [0.1, 0.15) is 0 Å². The predicted molar refractivity (Wildman–Crippen MR) is 68.4 cm³/mol. The highest BCUT2D eigenvalue weighted by atomic mass is 16.4. The van der Waals surface area contributed by atoms with Gasteiger partial charge in [0, 0.05) is 26.1 Å². The zero-order chi connectivity index (χ0) is 14.5. The molecule has 1 rings (SSSR count). The molecular weight excluding hydrogens is 250 g/mol. The van der Waals surface area contributed by atoms with Gasteiger partial charge in [-0.25, -0.2) is 4.79 Å². The van der Waals surface area contributed by atoms with E-state index in [0.717, 1.165) is 0 Å². The van der Waals surface area contributed by atoms with Crippen LogP contribution in [0, 0.1) is 5.41 Å². The fourth-order valence-electron chi connectivity index (χ4n) is 1.99. The van der Waals surface area contributed by atoms with Crippen LogP contribution in [0.4, 0.5) is 4.79 Å². The highest BCUT2D eigenvalue weighted by Crippen LogP contribution is 2.30. The van der Waals surface area contributed by atoms with E-state index in [0.29, 0.717) is 38.9 Å². The second-order valence-corrected chi connectivity index (χ2v) is 5.15. The summed E-state index contributed by atoms with van der Waals surface area (Å²) < 4.78 is 0. The topological polar surface area (TPSA) is 113 Å². The number of hydrogen-bond acceptors (Lipinski definition) is 3. The Balaban J connectivity index is 2.29. The first-order chi connectivity index (χ1) is 8.85. The van der Waals surface area contributed by atoms with E-state index in [-0.39, 0.29) is 18.4 Å². The Morgan fingerprint density at radius 2 is 1.89 bits per heavy atom. The molecule has 4 N–H and O–H groups in total. The van der Waals surface area contributed by atoms with Crippen molar-refractivity contribution in [3.05, 3.63) is 0 Å². The summed E-state index contributed by atoms with van der Waals surface area (Å²) in [5.74, 6) is -1.20. The monoisotopic (exact) mass is 271 g/mol. The van der Waals surface area contributed by atoms with Gasteiger partial charge < -0.3 is 21.1 Å². The predicted octanol–water partition coefficient (Wildman–Crippen LogP) is 0.148. The molecule has 1 saturated heterocycles. The first-order valence-corrected chi connectivity index (χ1v) is 6.39. The molecule has 3 amide bonds. The number of carboxylic acids is 1. The van der Waals surface area contributed by atoms with Gasteiger partial charge in [0.15, 0.2) is 0 Å². The van der Waals surface area contributed by atoms with Gasteiger partial charge in [0.05, 0.1) is 5.41 Å². The first-order valence-electron chi connectivity index (χ1n) is 6.39. The Kier molecular flexibility index (Phi) is 5.14. The van der Waals surface area contributed by atoms with Crippen molar-refractivity contribution in [2.24, 2.45) is 11.1 Å². The van der Waals surface area contributed by atoms with Crippen LogP contribution in [-0.2, 0) is 9.59 Å². The number of carboxylic acid groups (broad SMARTS) is 1. The molecule has 7 nitrogen and oxygen atoms in total. The number of urea groups is 1. The smallest absolute Gasteiger partial charge is 0.317 e. The van der Waals surface area contributed by atoms with Gasteiger partial charge in [-0.15, -0.1) is 0 Å². The molecular formula is C12H21N3O4. The number of likely N-dealkylation sites (tertiary alicyclic amines) is 1. The molecule has 0 aromatic rings. The molecule has 1 aliphatic rings. The van der Waals surface area contributed by atoms with Crippen molar-refractivity contribution < 1.29 is 19.5 Å². The number of carbonyl (C=O) groups is 3. The average Bonchev–Trinajstić information content (AvgIpc) is 2.35. The molecule has 0 atom stereocenters. The van der Waals surface area contributed by atoms with Gasteiger partial charge in [-0.3, -0.25) is 9.59 Å². The molecule has 7 heteroatoms. The quantitative estimate of drug-likeness (QED) is 0.617. The summed E-state index contributed by atoms with van der Waals surface area (Å²) in [4.78, 5) is 35.0. The summed E-state index contributed by atoms with van der Waals surface area (Å²) in [6.45, 7) is 2.97.